The maximum atomic E-state index is 5.78. The third-order valence-corrected chi connectivity index (χ3v) is 4.55. The van der Waals surface area contributed by atoms with Gasteiger partial charge in [-0.05, 0) is 43.9 Å². The van der Waals surface area contributed by atoms with Crippen molar-refractivity contribution in [2.24, 2.45) is 0 Å². The monoisotopic (exact) mass is 380 g/mol. The minimum atomic E-state index is -0.0470. The minimum Gasteiger partial charge on any atom is -0.368 e. The summed E-state index contributed by atoms with van der Waals surface area (Å²) in [6, 6.07) is 5.83. The Morgan fingerprint density at radius 1 is 1.36 bits per heavy atom. The minimum absolute atomic E-state index is 0.0470. The first-order chi connectivity index (χ1) is 13.8. The van der Waals surface area contributed by atoms with Gasteiger partial charge < -0.3 is 20.5 Å². The van der Waals surface area contributed by atoms with E-state index in [4.69, 9.17) is 15.2 Å². The second kappa shape index (κ2) is 8.81. The summed E-state index contributed by atoms with van der Waals surface area (Å²) in [5.74, 6) is 0.877. The van der Waals surface area contributed by atoms with Crippen LogP contribution in [0.3, 0.4) is 0 Å². The first-order valence-corrected chi connectivity index (χ1v) is 9.50. The Balaban J connectivity index is 1.42. The zero-order valence-electron chi connectivity index (χ0n) is 15.6. The summed E-state index contributed by atoms with van der Waals surface area (Å²) in [5.41, 5.74) is 8.58. The normalized spacial score (nSPS) is 17.4. The number of benzene rings is 1. The zero-order chi connectivity index (χ0) is 19.2. The quantitative estimate of drug-likeness (QED) is 0.537. The van der Waals surface area contributed by atoms with Crippen LogP contribution in [0.2, 0.25) is 0 Å². The number of anilines is 3. The Bertz CT molecular complexity index is 949. The lowest BCUT2D eigenvalue weighted by Gasteiger charge is -2.22. The number of nitrogens with zero attached hydrogens (tertiary/aromatic N) is 3. The van der Waals surface area contributed by atoms with Crippen molar-refractivity contribution in [3.05, 3.63) is 42.2 Å². The fraction of sp³-hybridized carbons (Fsp3) is 0.350. The molecular weight excluding hydrogens is 356 g/mol. The molecule has 0 spiro atoms. The molecule has 8 nitrogen and oxygen atoms in total. The number of aromatic nitrogens is 4. The van der Waals surface area contributed by atoms with Crippen molar-refractivity contribution >= 4 is 34.4 Å². The van der Waals surface area contributed by atoms with Crippen LogP contribution in [0, 0.1) is 0 Å². The van der Waals surface area contributed by atoms with Crippen LogP contribution in [0.1, 0.15) is 31.2 Å². The van der Waals surface area contributed by atoms with E-state index < -0.39 is 0 Å². The second-order valence-electron chi connectivity index (χ2n) is 6.68. The topological polar surface area (TPSA) is 111 Å². The van der Waals surface area contributed by atoms with Crippen LogP contribution in [0.15, 0.2) is 36.7 Å². The number of nitrogens with two attached hydrogens (primary N) is 1. The van der Waals surface area contributed by atoms with Gasteiger partial charge in [0.1, 0.15) is 5.82 Å². The SMILES string of the molecule is Nc1nccc(Nc2cc(C=CCCOC3CCCCO3)c3[nH]ncc3c2)n1. The van der Waals surface area contributed by atoms with E-state index >= 15 is 0 Å². The van der Waals surface area contributed by atoms with Gasteiger partial charge in [-0.25, -0.2) is 4.98 Å². The molecule has 28 heavy (non-hydrogen) atoms. The van der Waals surface area contributed by atoms with Gasteiger partial charge in [0.15, 0.2) is 6.29 Å². The number of nitrogens with one attached hydrogen (secondary N) is 2. The molecular formula is C20H24N6O2. The molecule has 4 N–H and O–H groups in total. The van der Waals surface area contributed by atoms with Gasteiger partial charge in [-0.15, -0.1) is 0 Å². The molecule has 1 saturated heterocycles. The first-order valence-electron chi connectivity index (χ1n) is 9.50. The summed E-state index contributed by atoms with van der Waals surface area (Å²) in [6.07, 6.45) is 11.7. The zero-order valence-corrected chi connectivity index (χ0v) is 15.6. The number of hydrogen-bond acceptors (Lipinski definition) is 7. The van der Waals surface area contributed by atoms with Gasteiger partial charge in [-0.1, -0.05) is 12.2 Å². The van der Waals surface area contributed by atoms with E-state index in [1.54, 1.807) is 18.5 Å². The van der Waals surface area contributed by atoms with Crippen molar-refractivity contribution in [1.29, 1.82) is 0 Å². The van der Waals surface area contributed by atoms with Crippen LogP contribution in [-0.4, -0.2) is 39.7 Å². The van der Waals surface area contributed by atoms with Crippen LogP contribution < -0.4 is 11.1 Å². The number of rotatable bonds is 7. The molecule has 3 aromatic rings. The van der Waals surface area contributed by atoms with Crippen molar-refractivity contribution in [1.82, 2.24) is 20.2 Å². The van der Waals surface area contributed by atoms with Crippen LogP contribution in [0.25, 0.3) is 17.0 Å². The molecule has 1 aromatic carbocycles. The Hall–Kier alpha value is -2.97. The lowest BCUT2D eigenvalue weighted by molar-refractivity contribution is -0.161. The maximum absolute atomic E-state index is 5.78. The molecule has 3 heterocycles. The lowest BCUT2D eigenvalue weighted by Crippen LogP contribution is -2.22. The van der Waals surface area contributed by atoms with Crippen LogP contribution >= 0.6 is 0 Å². The maximum Gasteiger partial charge on any atom is 0.221 e. The summed E-state index contributed by atoms with van der Waals surface area (Å²) in [4.78, 5) is 8.09. The van der Waals surface area contributed by atoms with Crippen LogP contribution in [0.5, 0.6) is 0 Å². The highest BCUT2D eigenvalue weighted by atomic mass is 16.7. The van der Waals surface area contributed by atoms with Crippen LogP contribution in [0.4, 0.5) is 17.5 Å². The lowest BCUT2D eigenvalue weighted by atomic mass is 10.1. The molecule has 0 saturated carbocycles. The van der Waals surface area contributed by atoms with E-state index in [9.17, 15) is 0 Å². The Kier molecular flexibility index (Phi) is 5.79. The van der Waals surface area contributed by atoms with E-state index in [-0.39, 0.29) is 12.2 Å². The predicted octanol–water partition coefficient (Wildman–Crippen LogP) is 3.63. The third-order valence-electron chi connectivity index (χ3n) is 4.55. The fourth-order valence-electron chi connectivity index (χ4n) is 3.20. The van der Waals surface area contributed by atoms with Crippen LogP contribution in [-0.2, 0) is 9.47 Å². The summed E-state index contributed by atoms with van der Waals surface area (Å²) in [5, 5.41) is 11.5. The number of aromatic amines is 1. The molecule has 2 aromatic heterocycles. The van der Waals surface area contributed by atoms with E-state index in [0.29, 0.717) is 12.4 Å². The van der Waals surface area contributed by atoms with Gasteiger partial charge in [-0.3, -0.25) is 5.10 Å². The van der Waals surface area contributed by atoms with E-state index in [1.165, 1.54) is 6.42 Å². The molecule has 1 aliphatic rings. The average molecular weight is 380 g/mol. The molecule has 8 heteroatoms. The molecule has 0 radical (unpaired) electrons. The Morgan fingerprint density at radius 3 is 3.18 bits per heavy atom. The van der Waals surface area contributed by atoms with E-state index in [1.807, 2.05) is 12.1 Å². The molecule has 1 aliphatic heterocycles. The van der Waals surface area contributed by atoms with E-state index in [0.717, 1.165) is 48.0 Å². The molecule has 1 fully saturated rings. The first kappa shape index (κ1) is 18.4. The highest BCUT2D eigenvalue weighted by molar-refractivity contribution is 5.90. The fourth-order valence-corrected chi connectivity index (χ4v) is 3.20. The van der Waals surface area contributed by atoms with Gasteiger partial charge in [0.2, 0.25) is 5.95 Å². The van der Waals surface area contributed by atoms with Crippen molar-refractivity contribution in [2.75, 3.05) is 24.3 Å². The second-order valence-corrected chi connectivity index (χ2v) is 6.68. The van der Waals surface area contributed by atoms with Crippen molar-refractivity contribution in [2.45, 2.75) is 32.0 Å². The molecule has 0 aliphatic carbocycles. The van der Waals surface area contributed by atoms with Crippen molar-refractivity contribution < 1.29 is 9.47 Å². The number of hydrogen-bond donors (Lipinski definition) is 3. The van der Waals surface area contributed by atoms with Gasteiger partial charge >= 0.3 is 0 Å². The average Bonchev–Trinajstić information content (AvgIpc) is 3.17. The summed E-state index contributed by atoms with van der Waals surface area (Å²) in [7, 11) is 0. The van der Waals surface area contributed by atoms with Crippen molar-refractivity contribution in [3.8, 4) is 0 Å². The smallest absolute Gasteiger partial charge is 0.221 e. The van der Waals surface area contributed by atoms with Gasteiger partial charge in [0.05, 0.1) is 18.3 Å². The number of fused-ring (bicyclic) bond motifs is 1. The van der Waals surface area contributed by atoms with E-state index in [2.05, 4.69) is 37.6 Å². The molecule has 1 unspecified atom stereocenters. The standard InChI is InChI=1S/C20H24N6O2/c21-20-22-8-7-17(25-20)24-16-11-14(19-15(12-16)13-23-26-19)5-1-3-9-27-18-6-2-4-10-28-18/h1,5,7-8,11-13,18H,2-4,6,9-10H2,(H,23,26)(H3,21,22,24,25). The molecule has 146 valence electrons. The van der Waals surface area contributed by atoms with Crippen molar-refractivity contribution in [3.63, 3.8) is 0 Å². The Labute approximate surface area is 163 Å². The predicted molar refractivity (Wildman–Crippen MR) is 109 cm³/mol. The highest BCUT2D eigenvalue weighted by Gasteiger charge is 2.13. The molecule has 0 bridgehead atoms. The summed E-state index contributed by atoms with van der Waals surface area (Å²) < 4.78 is 11.4. The molecule has 1 atom stereocenters. The number of ether oxygens (including phenoxy) is 2. The Morgan fingerprint density at radius 2 is 2.32 bits per heavy atom. The molecule has 4 rings (SSSR count). The number of H-pyrrole nitrogens is 1. The van der Waals surface area contributed by atoms with Gasteiger partial charge in [-0.2, -0.15) is 10.1 Å². The summed E-state index contributed by atoms with van der Waals surface area (Å²) >= 11 is 0. The largest absolute Gasteiger partial charge is 0.368 e. The highest BCUT2D eigenvalue weighted by Crippen LogP contribution is 2.25. The number of nitrogen functional groups attached to an aromatic ring is 1. The third kappa shape index (κ3) is 4.65. The molecule has 0 amide bonds. The summed E-state index contributed by atoms with van der Waals surface area (Å²) in [6.45, 7) is 1.45. The van der Waals surface area contributed by atoms with Gasteiger partial charge in [0.25, 0.3) is 0 Å². The van der Waals surface area contributed by atoms with Gasteiger partial charge in [0, 0.05) is 29.4 Å².